The highest BCUT2D eigenvalue weighted by atomic mass is 35.5. The maximum Gasteiger partial charge on any atom is 0.235 e. The van der Waals surface area contributed by atoms with E-state index in [9.17, 15) is 9.59 Å². The molecule has 3 N–H and O–H groups in total. The van der Waals surface area contributed by atoms with E-state index in [4.69, 9.17) is 5.73 Å². The average molecular weight is 386 g/mol. The quantitative estimate of drug-likeness (QED) is 0.753. The number of carbonyl (C=O) groups is 2. The molecule has 5 nitrogen and oxygen atoms in total. The second kappa shape index (κ2) is 11.4. The summed E-state index contributed by atoms with van der Waals surface area (Å²) in [5.41, 5.74) is 6.64. The molecule has 1 fully saturated rings. The van der Waals surface area contributed by atoms with Crippen molar-refractivity contribution < 1.29 is 9.59 Å². The van der Waals surface area contributed by atoms with Crippen LogP contribution in [0.1, 0.15) is 25.3 Å². The number of nitrogens with zero attached hydrogens (tertiary/aromatic N) is 1. The van der Waals surface area contributed by atoms with Crippen molar-refractivity contribution in [3.05, 3.63) is 35.9 Å². The topological polar surface area (TPSA) is 75.4 Å². The molecule has 1 heterocycles. The third-order valence-corrected chi connectivity index (χ3v) is 5.44. The van der Waals surface area contributed by atoms with Crippen LogP contribution in [0.4, 0.5) is 0 Å². The van der Waals surface area contributed by atoms with Gasteiger partial charge in [0.25, 0.3) is 0 Å². The number of carbonyl (C=O) groups excluding carboxylic acids is 2. The standard InChI is InChI=1S/C18H27N3O2S.ClH/c1-14(24-13-15-6-3-2-4-7-15)18(23)21-11-5-8-16(12-21)17(22)20-10-9-19;/h2-4,6-7,14,16H,5,8-13,19H2,1H3,(H,20,22);1H. The predicted molar refractivity (Wildman–Crippen MR) is 106 cm³/mol. The van der Waals surface area contributed by atoms with Crippen molar-refractivity contribution >= 4 is 36.0 Å². The van der Waals surface area contributed by atoms with Gasteiger partial charge in [0, 0.05) is 31.9 Å². The van der Waals surface area contributed by atoms with Gasteiger partial charge in [-0.25, -0.2) is 0 Å². The zero-order valence-electron chi connectivity index (χ0n) is 14.6. The fraction of sp³-hybridized carbons (Fsp3) is 0.556. The summed E-state index contributed by atoms with van der Waals surface area (Å²) in [7, 11) is 0. The first-order chi connectivity index (χ1) is 11.6. The van der Waals surface area contributed by atoms with E-state index in [1.54, 1.807) is 11.8 Å². The number of piperidine rings is 1. The summed E-state index contributed by atoms with van der Waals surface area (Å²) < 4.78 is 0. The lowest BCUT2D eigenvalue weighted by Crippen LogP contribution is -2.48. The van der Waals surface area contributed by atoms with Crippen molar-refractivity contribution in [2.24, 2.45) is 11.7 Å². The van der Waals surface area contributed by atoms with Gasteiger partial charge >= 0.3 is 0 Å². The highest BCUT2D eigenvalue weighted by Crippen LogP contribution is 2.23. The third-order valence-electron chi connectivity index (χ3n) is 4.24. The van der Waals surface area contributed by atoms with Gasteiger partial charge in [-0.3, -0.25) is 9.59 Å². The van der Waals surface area contributed by atoms with Crippen LogP contribution < -0.4 is 11.1 Å². The van der Waals surface area contributed by atoms with Crippen LogP contribution in [0.3, 0.4) is 0 Å². The van der Waals surface area contributed by atoms with E-state index in [2.05, 4.69) is 17.4 Å². The smallest absolute Gasteiger partial charge is 0.235 e. The molecule has 0 spiro atoms. The van der Waals surface area contributed by atoms with E-state index >= 15 is 0 Å². The van der Waals surface area contributed by atoms with Crippen LogP contribution in [-0.2, 0) is 15.3 Å². The highest BCUT2D eigenvalue weighted by molar-refractivity contribution is 7.99. The molecular weight excluding hydrogens is 358 g/mol. The molecule has 140 valence electrons. The third kappa shape index (κ3) is 6.88. The van der Waals surface area contributed by atoms with Crippen molar-refractivity contribution in [3.8, 4) is 0 Å². The fourth-order valence-electron chi connectivity index (χ4n) is 2.85. The molecule has 7 heteroatoms. The minimum atomic E-state index is -0.111. The number of rotatable bonds is 7. The zero-order chi connectivity index (χ0) is 17.4. The Bertz CT molecular complexity index is 544. The van der Waals surface area contributed by atoms with E-state index in [0.29, 0.717) is 19.6 Å². The number of thioether (sulfide) groups is 1. The van der Waals surface area contributed by atoms with Gasteiger partial charge < -0.3 is 16.0 Å². The first-order valence-corrected chi connectivity index (χ1v) is 9.58. The number of hydrogen-bond donors (Lipinski definition) is 2. The van der Waals surface area contributed by atoms with Gasteiger partial charge in [0.15, 0.2) is 0 Å². The van der Waals surface area contributed by atoms with Gasteiger partial charge in [0.2, 0.25) is 11.8 Å². The molecule has 2 unspecified atom stereocenters. The van der Waals surface area contributed by atoms with Gasteiger partial charge in [0.05, 0.1) is 11.2 Å². The van der Waals surface area contributed by atoms with Crippen LogP contribution in [0, 0.1) is 5.92 Å². The largest absolute Gasteiger partial charge is 0.355 e. The van der Waals surface area contributed by atoms with Crippen molar-refractivity contribution in [1.82, 2.24) is 10.2 Å². The fourth-order valence-corrected chi connectivity index (χ4v) is 3.78. The van der Waals surface area contributed by atoms with Crippen LogP contribution in [0.2, 0.25) is 0 Å². The first kappa shape index (κ1) is 21.8. The number of likely N-dealkylation sites (tertiary alicyclic amines) is 1. The number of nitrogens with two attached hydrogens (primary N) is 1. The second-order valence-corrected chi connectivity index (χ2v) is 7.47. The lowest BCUT2D eigenvalue weighted by Gasteiger charge is -2.33. The number of hydrogen-bond acceptors (Lipinski definition) is 4. The lowest BCUT2D eigenvalue weighted by atomic mass is 9.97. The molecule has 0 aliphatic carbocycles. The molecule has 1 aliphatic rings. The van der Waals surface area contributed by atoms with Crippen molar-refractivity contribution in [3.63, 3.8) is 0 Å². The summed E-state index contributed by atoms with van der Waals surface area (Å²) >= 11 is 1.65. The predicted octanol–water partition coefficient (Wildman–Crippen LogP) is 2.04. The summed E-state index contributed by atoms with van der Waals surface area (Å²) in [6.07, 6.45) is 1.72. The minimum Gasteiger partial charge on any atom is -0.355 e. The monoisotopic (exact) mass is 385 g/mol. The molecule has 1 aromatic rings. The molecule has 0 saturated carbocycles. The van der Waals surface area contributed by atoms with E-state index in [0.717, 1.165) is 25.1 Å². The molecule has 2 amide bonds. The average Bonchev–Trinajstić information content (AvgIpc) is 2.64. The number of halogens is 1. The summed E-state index contributed by atoms with van der Waals surface area (Å²) in [5.74, 6) is 0.859. The van der Waals surface area contributed by atoms with Crippen molar-refractivity contribution in [2.45, 2.75) is 30.8 Å². The maximum absolute atomic E-state index is 12.7. The Kier molecular flexibility index (Phi) is 9.93. The van der Waals surface area contributed by atoms with Crippen LogP contribution in [0.5, 0.6) is 0 Å². The van der Waals surface area contributed by atoms with Gasteiger partial charge in [-0.05, 0) is 25.3 Å². The molecule has 1 aromatic carbocycles. The zero-order valence-corrected chi connectivity index (χ0v) is 16.3. The Labute approximate surface area is 160 Å². The molecule has 25 heavy (non-hydrogen) atoms. The summed E-state index contributed by atoms with van der Waals surface area (Å²) in [5, 5.41) is 2.73. The van der Waals surface area contributed by atoms with Crippen LogP contribution in [0.15, 0.2) is 30.3 Å². The first-order valence-electron chi connectivity index (χ1n) is 8.54. The van der Waals surface area contributed by atoms with Gasteiger partial charge in [-0.2, -0.15) is 0 Å². The molecule has 0 bridgehead atoms. The Hall–Kier alpha value is -1.24. The number of nitrogens with one attached hydrogen (secondary N) is 1. The van der Waals surface area contributed by atoms with Crippen molar-refractivity contribution in [2.75, 3.05) is 26.2 Å². The Morgan fingerprint density at radius 1 is 1.36 bits per heavy atom. The van der Waals surface area contributed by atoms with E-state index in [1.807, 2.05) is 30.0 Å². The Morgan fingerprint density at radius 3 is 2.76 bits per heavy atom. The molecule has 2 rings (SSSR count). The summed E-state index contributed by atoms with van der Waals surface area (Å²) in [6.45, 7) is 4.15. The SMILES string of the molecule is CC(SCc1ccccc1)C(=O)N1CCCC(C(=O)NCCN)C1.Cl. The van der Waals surface area contributed by atoms with Crippen molar-refractivity contribution in [1.29, 1.82) is 0 Å². The Balaban J connectivity index is 0.00000312. The Morgan fingerprint density at radius 2 is 2.08 bits per heavy atom. The highest BCUT2D eigenvalue weighted by Gasteiger charge is 2.30. The van der Waals surface area contributed by atoms with Crippen LogP contribution >= 0.6 is 24.2 Å². The van der Waals surface area contributed by atoms with E-state index < -0.39 is 0 Å². The molecule has 2 atom stereocenters. The van der Waals surface area contributed by atoms with Gasteiger partial charge in [0.1, 0.15) is 0 Å². The second-order valence-electron chi connectivity index (χ2n) is 6.14. The number of amides is 2. The molecule has 0 radical (unpaired) electrons. The maximum atomic E-state index is 12.7. The summed E-state index contributed by atoms with van der Waals surface area (Å²) in [6, 6.07) is 10.2. The summed E-state index contributed by atoms with van der Waals surface area (Å²) in [4.78, 5) is 26.6. The van der Waals surface area contributed by atoms with Crippen LogP contribution in [-0.4, -0.2) is 48.1 Å². The van der Waals surface area contributed by atoms with Crippen LogP contribution in [0.25, 0.3) is 0 Å². The van der Waals surface area contributed by atoms with Gasteiger partial charge in [-0.15, -0.1) is 24.2 Å². The molecule has 1 saturated heterocycles. The number of benzene rings is 1. The van der Waals surface area contributed by atoms with E-state index in [-0.39, 0.29) is 35.4 Å². The molecule has 0 aromatic heterocycles. The molecule has 1 aliphatic heterocycles. The lowest BCUT2D eigenvalue weighted by molar-refractivity contribution is -0.135. The van der Waals surface area contributed by atoms with E-state index in [1.165, 1.54) is 5.56 Å². The van der Waals surface area contributed by atoms with Gasteiger partial charge in [-0.1, -0.05) is 30.3 Å². The minimum absolute atomic E-state index is 0. The normalized spacial score (nSPS) is 18.2. The molecular formula is C18H28ClN3O2S.